The summed E-state index contributed by atoms with van der Waals surface area (Å²) >= 11 is 0. The molecule has 2 rings (SSSR count). The SMILES string of the molecule is CNCCCC(=O)c1ccc(C2CCCCC2)cc1. The zero-order chi connectivity index (χ0) is 13.5. The standard InChI is InChI=1S/C17H25NO/c1-18-13-5-8-17(19)16-11-9-15(10-12-16)14-6-3-2-4-7-14/h9-12,14,18H,2-8,13H2,1H3. The van der Waals surface area contributed by atoms with Crippen LogP contribution in [-0.2, 0) is 0 Å². The van der Waals surface area contributed by atoms with Gasteiger partial charge in [-0.2, -0.15) is 0 Å². The summed E-state index contributed by atoms with van der Waals surface area (Å²) in [5.74, 6) is 0.993. The number of ketones is 1. The summed E-state index contributed by atoms with van der Waals surface area (Å²) in [6, 6.07) is 8.37. The second-order valence-corrected chi connectivity index (χ2v) is 5.59. The summed E-state index contributed by atoms with van der Waals surface area (Å²) in [5.41, 5.74) is 2.29. The van der Waals surface area contributed by atoms with Crippen molar-refractivity contribution in [3.8, 4) is 0 Å². The van der Waals surface area contributed by atoms with Crippen molar-refractivity contribution >= 4 is 5.78 Å². The number of rotatable bonds is 6. The van der Waals surface area contributed by atoms with Gasteiger partial charge < -0.3 is 5.32 Å². The second-order valence-electron chi connectivity index (χ2n) is 5.59. The molecule has 1 aliphatic rings. The molecule has 0 spiro atoms. The molecule has 0 saturated heterocycles. The minimum Gasteiger partial charge on any atom is -0.320 e. The molecule has 19 heavy (non-hydrogen) atoms. The van der Waals surface area contributed by atoms with E-state index < -0.39 is 0 Å². The Kier molecular flexibility index (Phi) is 5.59. The fourth-order valence-electron chi connectivity index (χ4n) is 2.95. The van der Waals surface area contributed by atoms with Gasteiger partial charge >= 0.3 is 0 Å². The number of nitrogens with one attached hydrogen (secondary N) is 1. The van der Waals surface area contributed by atoms with Crippen molar-refractivity contribution in [3.63, 3.8) is 0 Å². The molecule has 1 N–H and O–H groups in total. The van der Waals surface area contributed by atoms with Gasteiger partial charge in [0, 0.05) is 12.0 Å². The normalized spacial score (nSPS) is 16.5. The van der Waals surface area contributed by atoms with Crippen molar-refractivity contribution in [2.75, 3.05) is 13.6 Å². The lowest BCUT2D eigenvalue weighted by Crippen LogP contribution is -2.10. The van der Waals surface area contributed by atoms with Gasteiger partial charge in [0.25, 0.3) is 0 Å². The third kappa shape index (κ3) is 4.17. The van der Waals surface area contributed by atoms with Crippen LogP contribution in [0.2, 0.25) is 0 Å². The van der Waals surface area contributed by atoms with E-state index in [0.29, 0.717) is 6.42 Å². The molecule has 1 saturated carbocycles. The lowest BCUT2D eigenvalue weighted by molar-refractivity contribution is 0.0980. The minimum atomic E-state index is 0.269. The molecule has 0 heterocycles. The van der Waals surface area contributed by atoms with Gasteiger partial charge in [-0.1, -0.05) is 43.5 Å². The molecule has 0 unspecified atom stereocenters. The fraction of sp³-hybridized carbons (Fsp3) is 0.588. The number of benzene rings is 1. The third-order valence-electron chi connectivity index (χ3n) is 4.14. The van der Waals surface area contributed by atoms with Crippen molar-refractivity contribution in [2.45, 2.75) is 50.9 Å². The van der Waals surface area contributed by atoms with E-state index in [1.165, 1.54) is 37.7 Å². The molecule has 2 nitrogen and oxygen atoms in total. The molecule has 1 aliphatic carbocycles. The molecular formula is C17H25NO. The first-order chi connectivity index (χ1) is 9.31. The average Bonchev–Trinajstić information content (AvgIpc) is 2.48. The van der Waals surface area contributed by atoms with Crippen LogP contribution in [0.5, 0.6) is 0 Å². The number of hydrogen-bond acceptors (Lipinski definition) is 2. The molecule has 0 bridgehead atoms. The summed E-state index contributed by atoms with van der Waals surface area (Å²) in [5, 5.41) is 3.07. The Morgan fingerprint density at radius 2 is 1.84 bits per heavy atom. The van der Waals surface area contributed by atoms with Gasteiger partial charge in [-0.3, -0.25) is 4.79 Å². The summed E-state index contributed by atoms with van der Waals surface area (Å²) in [4.78, 5) is 12.0. The van der Waals surface area contributed by atoms with Crippen LogP contribution in [0.15, 0.2) is 24.3 Å². The van der Waals surface area contributed by atoms with Crippen LogP contribution in [0.25, 0.3) is 0 Å². The van der Waals surface area contributed by atoms with Crippen LogP contribution in [0, 0.1) is 0 Å². The topological polar surface area (TPSA) is 29.1 Å². The Hall–Kier alpha value is -1.15. The highest BCUT2D eigenvalue weighted by atomic mass is 16.1. The summed E-state index contributed by atoms with van der Waals surface area (Å²) in [7, 11) is 1.92. The monoisotopic (exact) mass is 259 g/mol. The van der Waals surface area contributed by atoms with E-state index in [4.69, 9.17) is 0 Å². The number of carbonyl (C=O) groups excluding carboxylic acids is 1. The molecule has 1 aromatic carbocycles. The Morgan fingerprint density at radius 3 is 2.47 bits per heavy atom. The van der Waals surface area contributed by atoms with Gasteiger partial charge in [0.2, 0.25) is 0 Å². The molecule has 0 radical (unpaired) electrons. The zero-order valence-corrected chi connectivity index (χ0v) is 12.0. The van der Waals surface area contributed by atoms with Gasteiger partial charge in [0.05, 0.1) is 0 Å². The number of hydrogen-bond donors (Lipinski definition) is 1. The maximum Gasteiger partial charge on any atom is 0.162 e. The van der Waals surface area contributed by atoms with Crippen LogP contribution in [0.3, 0.4) is 0 Å². The molecule has 2 heteroatoms. The molecule has 1 fully saturated rings. The van der Waals surface area contributed by atoms with Crippen molar-refractivity contribution in [2.24, 2.45) is 0 Å². The Bertz CT molecular complexity index is 390. The lowest BCUT2D eigenvalue weighted by atomic mass is 9.84. The van der Waals surface area contributed by atoms with Crippen molar-refractivity contribution in [1.29, 1.82) is 0 Å². The summed E-state index contributed by atoms with van der Waals surface area (Å²) in [6.07, 6.45) is 8.29. The highest BCUT2D eigenvalue weighted by Gasteiger charge is 2.15. The third-order valence-corrected chi connectivity index (χ3v) is 4.14. The highest BCUT2D eigenvalue weighted by Crippen LogP contribution is 2.32. The molecular weight excluding hydrogens is 234 g/mol. The Morgan fingerprint density at radius 1 is 1.16 bits per heavy atom. The average molecular weight is 259 g/mol. The van der Waals surface area contributed by atoms with Crippen LogP contribution in [0.4, 0.5) is 0 Å². The Labute approximate surface area is 116 Å². The smallest absolute Gasteiger partial charge is 0.162 e. The van der Waals surface area contributed by atoms with Gasteiger partial charge in [-0.15, -0.1) is 0 Å². The van der Waals surface area contributed by atoms with Crippen molar-refractivity contribution < 1.29 is 4.79 Å². The second kappa shape index (κ2) is 7.44. The first kappa shape index (κ1) is 14.3. The summed E-state index contributed by atoms with van der Waals surface area (Å²) < 4.78 is 0. The maximum absolute atomic E-state index is 12.0. The molecule has 0 aliphatic heterocycles. The molecule has 104 valence electrons. The van der Waals surface area contributed by atoms with Gasteiger partial charge in [-0.05, 0) is 44.3 Å². The zero-order valence-electron chi connectivity index (χ0n) is 12.0. The minimum absolute atomic E-state index is 0.269. The molecule has 1 aromatic rings. The van der Waals surface area contributed by atoms with Crippen LogP contribution < -0.4 is 5.32 Å². The van der Waals surface area contributed by atoms with Crippen LogP contribution in [0.1, 0.15) is 66.8 Å². The van der Waals surface area contributed by atoms with Crippen LogP contribution in [-0.4, -0.2) is 19.4 Å². The number of carbonyl (C=O) groups is 1. The fourth-order valence-corrected chi connectivity index (χ4v) is 2.95. The first-order valence-corrected chi connectivity index (χ1v) is 7.59. The first-order valence-electron chi connectivity index (χ1n) is 7.59. The van der Waals surface area contributed by atoms with E-state index in [1.807, 2.05) is 19.2 Å². The highest BCUT2D eigenvalue weighted by molar-refractivity contribution is 5.96. The van der Waals surface area contributed by atoms with Gasteiger partial charge in [0.15, 0.2) is 5.78 Å². The van der Waals surface area contributed by atoms with Gasteiger partial charge in [0.1, 0.15) is 0 Å². The molecule has 0 amide bonds. The van der Waals surface area contributed by atoms with Gasteiger partial charge in [-0.25, -0.2) is 0 Å². The summed E-state index contributed by atoms with van der Waals surface area (Å²) in [6.45, 7) is 0.909. The van der Waals surface area contributed by atoms with E-state index in [2.05, 4.69) is 17.4 Å². The lowest BCUT2D eigenvalue weighted by Gasteiger charge is -2.22. The predicted octanol–water partition coefficient (Wildman–Crippen LogP) is 3.92. The van der Waals surface area contributed by atoms with Crippen molar-refractivity contribution in [1.82, 2.24) is 5.32 Å². The largest absolute Gasteiger partial charge is 0.320 e. The molecule has 0 atom stereocenters. The molecule has 0 aromatic heterocycles. The van der Waals surface area contributed by atoms with E-state index in [0.717, 1.165) is 24.4 Å². The van der Waals surface area contributed by atoms with E-state index in [-0.39, 0.29) is 5.78 Å². The maximum atomic E-state index is 12.0. The Balaban J connectivity index is 1.91. The van der Waals surface area contributed by atoms with E-state index in [9.17, 15) is 4.79 Å². The predicted molar refractivity (Wildman–Crippen MR) is 79.8 cm³/mol. The quantitative estimate of drug-likeness (QED) is 0.620. The van der Waals surface area contributed by atoms with Crippen LogP contribution >= 0.6 is 0 Å². The van der Waals surface area contributed by atoms with Crippen molar-refractivity contribution in [3.05, 3.63) is 35.4 Å². The van der Waals surface area contributed by atoms with E-state index in [1.54, 1.807) is 0 Å². The number of Topliss-reactive ketones (excluding diaryl/α,β-unsaturated/α-hetero) is 1. The van der Waals surface area contributed by atoms with E-state index >= 15 is 0 Å².